The molecule has 27 heavy (non-hydrogen) atoms. The molecule has 0 fully saturated rings. The van der Waals surface area contributed by atoms with Gasteiger partial charge in [-0.2, -0.15) is 17.7 Å². The summed E-state index contributed by atoms with van der Waals surface area (Å²) >= 11 is 0. The fraction of sp³-hybridized carbons (Fsp3) is 0.261. The smallest absolute Gasteiger partial charge is 1.00 e. The van der Waals surface area contributed by atoms with Crippen molar-refractivity contribution in [2.75, 3.05) is 0 Å². The molecule has 0 aliphatic heterocycles. The second kappa shape index (κ2) is 11.4. The first-order chi connectivity index (χ1) is 10.9. The van der Waals surface area contributed by atoms with Crippen molar-refractivity contribution in [3.05, 3.63) is 101 Å². The molecule has 0 aromatic heterocycles. The first kappa shape index (κ1) is 28.6. The average Bonchev–Trinajstić information content (AvgIpc) is 3.06. The van der Waals surface area contributed by atoms with Crippen LogP contribution < -0.4 is 37.2 Å². The molecule has 0 amide bonds. The summed E-state index contributed by atoms with van der Waals surface area (Å²) in [5, 5.41) is 0. The maximum atomic E-state index is 2.38. The maximum absolute atomic E-state index is 2.38. The molecule has 4 heteroatoms. The zero-order valence-electron chi connectivity index (χ0n) is 16.1. The second-order valence-electron chi connectivity index (χ2n) is 7.50. The van der Waals surface area contributed by atoms with Crippen LogP contribution in [0.15, 0.2) is 78.9 Å². The Morgan fingerprint density at radius 1 is 0.593 bits per heavy atom. The van der Waals surface area contributed by atoms with Gasteiger partial charge in [-0.3, -0.25) is 0 Å². The molecular weight excluding hydrogens is 430 g/mol. The van der Waals surface area contributed by atoms with Crippen molar-refractivity contribution < 1.29 is 58.9 Å². The largest absolute Gasteiger partial charge is 4.00 e. The van der Waals surface area contributed by atoms with Crippen molar-refractivity contribution in [3.63, 3.8) is 0 Å². The van der Waals surface area contributed by atoms with Gasteiger partial charge in [-0.05, 0) is 16.5 Å². The molecule has 0 N–H and O–H groups in total. The maximum Gasteiger partial charge on any atom is 4.00 e. The fourth-order valence-corrected chi connectivity index (χ4v) is 3.26. The zero-order valence-corrected chi connectivity index (χ0v) is 20.0. The Morgan fingerprint density at radius 3 is 1.33 bits per heavy atom. The molecule has 0 saturated heterocycles. The quantitative estimate of drug-likeness (QED) is 0.293. The summed E-state index contributed by atoms with van der Waals surface area (Å²) < 4.78 is 0. The molecule has 3 aromatic carbocycles. The summed E-state index contributed by atoms with van der Waals surface area (Å²) in [5.41, 5.74) is 5.46. The topological polar surface area (TPSA) is 0 Å². The minimum Gasteiger partial charge on any atom is -1.00 e. The molecule has 0 aliphatic rings. The van der Waals surface area contributed by atoms with E-state index in [4.69, 9.17) is 0 Å². The van der Waals surface area contributed by atoms with E-state index in [1.807, 2.05) is 0 Å². The van der Waals surface area contributed by atoms with E-state index in [9.17, 15) is 0 Å². The van der Waals surface area contributed by atoms with Gasteiger partial charge in [0.25, 0.3) is 0 Å². The van der Waals surface area contributed by atoms with Crippen LogP contribution in [0.25, 0.3) is 0 Å². The van der Waals surface area contributed by atoms with Crippen molar-refractivity contribution in [2.45, 2.75) is 38.5 Å². The molecule has 3 aromatic rings. The third-order valence-corrected chi connectivity index (χ3v) is 4.90. The van der Waals surface area contributed by atoms with Crippen LogP contribution >= 0.6 is 0 Å². The number of halogens is 3. The molecule has 0 saturated carbocycles. The fourth-order valence-electron chi connectivity index (χ4n) is 3.26. The summed E-state index contributed by atoms with van der Waals surface area (Å²) in [6, 6.07) is 28.6. The summed E-state index contributed by atoms with van der Waals surface area (Å²) in [5.74, 6) is 0. The van der Waals surface area contributed by atoms with Crippen LogP contribution in [0.4, 0.5) is 0 Å². The van der Waals surface area contributed by atoms with E-state index in [0.29, 0.717) is 0 Å². The van der Waals surface area contributed by atoms with Gasteiger partial charge in [-0.25, -0.2) is 6.07 Å². The van der Waals surface area contributed by atoms with Gasteiger partial charge in [-0.15, -0.1) is 5.56 Å². The zero-order chi connectivity index (χ0) is 16.5. The van der Waals surface area contributed by atoms with Crippen molar-refractivity contribution in [3.8, 4) is 0 Å². The van der Waals surface area contributed by atoms with Crippen LogP contribution in [0.2, 0.25) is 0 Å². The van der Waals surface area contributed by atoms with Gasteiger partial charge in [0.05, 0.1) is 0 Å². The van der Waals surface area contributed by atoms with Gasteiger partial charge in [-0.1, -0.05) is 93.8 Å². The molecule has 0 nitrogen and oxygen atoms in total. The second-order valence-corrected chi connectivity index (χ2v) is 7.50. The number of hydrogen-bond acceptors (Lipinski definition) is 0. The Bertz CT molecular complexity index is 735. The third kappa shape index (κ3) is 5.92. The van der Waals surface area contributed by atoms with Gasteiger partial charge in [0.15, 0.2) is 0 Å². The van der Waals surface area contributed by atoms with Crippen LogP contribution in [0, 0.1) is 0 Å². The Hall–Kier alpha value is -0.626. The van der Waals surface area contributed by atoms with Crippen LogP contribution in [0.5, 0.6) is 0 Å². The van der Waals surface area contributed by atoms with Crippen LogP contribution in [0.3, 0.4) is 0 Å². The number of benzene rings is 2. The summed E-state index contributed by atoms with van der Waals surface area (Å²) in [6.07, 6.45) is 0. The van der Waals surface area contributed by atoms with E-state index in [1.165, 1.54) is 22.3 Å². The molecule has 0 heterocycles. The Labute approximate surface area is 197 Å². The van der Waals surface area contributed by atoms with Crippen LogP contribution in [0.1, 0.15) is 49.9 Å². The van der Waals surface area contributed by atoms with Crippen molar-refractivity contribution in [1.82, 2.24) is 0 Å². The normalized spacial score (nSPS) is 10.5. The molecule has 0 radical (unpaired) electrons. The van der Waals surface area contributed by atoms with E-state index >= 15 is 0 Å². The van der Waals surface area contributed by atoms with E-state index < -0.39 is 0 Å². The average molecular weight is 456 g/mol. The predicted octanol–water partition coefficient (Wildman–Crippen LogP) is -2.93. The van der Waals surface area contributed by atoms with Gasteiger partial charge < -0.3 is 37.2 Å². The van der Waals surface area contributed by atoms with Gasteiger partial charge in [0.1, 0.15) is 0 Å². The molecule has 0 aliphatic carbocycles. The summed E-state index contributed by atoms with van der Waals surface area (Å²) in [7, 11) is 0. The van der Waals surface area contributed by atoms with Crippen LogP contribution in [-0.2, 0) is 32.5 Å². The van der Waals surface area contributed by atoms with Gasteiger partial charge >= 0.3 is 21.7 Å². The Kier molecular flexibility index (Phi) is 12.1. The monoisotopic (exact) mass is 454 g/mol. The van der Waals surface area contributed by atoms with E-state index in [0.717, 1.165) is 0 Å². The third-order valence-electron chi connectivity index (χ3n) is 4.90. The van der Waals surface area contributed by atoms with Crippen molar-refractivity contribution in [1.29, 1.82) is 0 Å². The molecule has 3 rings (SSSR count). The standard InChI is InChI=1S/C23H25.3ClH.Ti/c1-22(2,3)20-15-16-21(17-20)23(4,18-11-7-5-8-12-18)19-13-9-6-10-14-19;;;;/h5-17H,1-4H3;3*1H;/q-1;;;;+4/p-3. The number of rotatable bonds is 3. The van der Waals surface area contributed by atoms with Crippen LogP contribution in [-0.4, -0.2) is 0 Å². The van der Waals surface area contributed by atoms with E-state index in [-0.39, 0.29) is 69.8 Å². The SMILES string of the molecule is CC(C)(C)c1cc[c-](C(C)(c2ccccc2)c2ccccc2)c1.[Cl-].[Cl-].[Cl-].[Ti+4]. The predicted molar refractivity (Wildman–Crippen MR) is 99.2 cm³/mol. The number of hydrogen-bond donors (Lipinski definition) is 0. The summed E-state index contributed by atoms with van der Waals surface area (Å²) in [4.78, 5) is 0. The minimum absolute atomic E-state index is 0. The van der Waals surface area contributed by atoms with Crippen molar-refractivity contribution in [2.24, 2.45) is 0 Å². The Balaban J connectivity index is 0. The summed E-state index contributed by atoms with van der Waals surface area (Å²) in [6.45, 7) is 9.15. The van der Waals surface area contributed by atoms with E-state index in [1.54, 1.807) is 0 Å². The van der Waals surface area contributed by atoms with E-state index in [2.05, 4.69) is 107 Å². The first-order valence-corrected chi connectivity index (χ1v) is 8.31. The molecule has 0 atom stereocenters. The minimum atomic E-state index is -0.133. The molecule has 142 valence electrons. The Morgan fingerprint density at radius 2 is 1.00 bits per heavy atom. The van der Waals surface area contributed by atoms with Gasteiger partial charge in [0, 0.05) is 0 Å². The molecular formula is C23H25Cl3Ti. The van der Waals surface area contributed by atoms with Crippen molar-refractivity contribution >= 4 is 0 Å². The molecule has 0 bridgehead atoms. The first-order valence-electron chi connectivity index (χ1n) is 8.31. The molecule has 0 unspecified atom stereocenters. The molecule has 0 spiro atoms. The van der Waals surface area contributed by atoms with Gasteiger partial charge in [0.2, 0.25) is 0 Å².